The minimum Gasteiger partial charge on any atom is -0.497 e. The van der Waals surface area contributed by atoms with Gasteiger partial charge >= 0.3 is 11.9 Å². The molecule has 0 fully saturated rings. The van der Waals surface area contributed by atoms with Crippen molar-refractivity contribution in [1.29, 1.82) is 0 Å². The van der Waals surface area contributed by atoms with Crippen LogP contribution >= 0.6 is 0 Å². The minimum atomic E-state index is -4.42. The van der Waals surface area contributed by atoms with Crippen molar-refractivity contribution in [2.45, 2.75) is 35.3 Å². The normalized spacial score (nSPS) is 13.1. The third kappa shape index (κ3) is 9.79. The second-order valence-corrected chi connectivity index (χ2v) is 13.4. The fourth-order valence-electron chi connectivity index (χ4n) is 4.29. The Bertz CT molecular complexity index is 1730. The molecule has 2 N–H and O–H groups in total. The summed E-state index contributed by atoms with van der Waals surface area (Å²) in [7, 11) is -5.03. The number of nitrogens with one attached hydrogen (secondary N) is 2. The lowest BCUT2D eigenvalue weighted by atomic mass is 10.1. The highest BCUT2D eigenvalue weighted by Crippen LogP contribution is 2.18. The molecule has 0 aliphatic rings. The third-order valence-corrected chi connectivity index (χ3v) is 9.68. The number of ether oxygens (including phenoxy) is 3. The molecule has 0 heterocycles. The summed E-state index contributed by atoms with van der Waals surface area (Å²) >= 11 is 0. The van der Waals surface area contributed by atoms with Gasteiger partial charge in [-0.3, -0.25) is 24.6 Å². The number of carbonyl (C=O) groups is 2. The Morgan fingerprint density at radius 3 is 1.59 bits per heavy atom. The highest BCUT2D eigenvalue weighted by molar-refractivity contribution is 7.89. The summed E-state index contributed by atoms with van der Waals surface area (Å²) in [4.78, 5) is 37.1. The fourth-order valence-corrected chi connectivity index (χ4v) is 6.64. The molecule has 2 atom stereocenters. The number of hydrogen-bond acceptors (Lipinski definition) is 12. The van der Waals surface area contributed by atoms with Gasteiger partial charge in [-0.15, -0.1) is 0 Å². The van der Waals surface area contributed by atoms with Crippen molar-refractivity contribution in [3.8, 4) is 5.75 Å². The highest BCUT2D eigenvalue weighted by Gasteiger charge is 2.33. The van der Waals surface area contributed by atoms with Crippen LogP contribution in [0.15, 0.2) is 82.6 Å². The van der Waals surface area contributed by atoms with Crippen LogP contribution in [0.3, 0.4) is 0 Å². The number of nitrogens with zero attached hydrogens (tertiary/aromatic N) is 2. The average Bonchev–Trinajstić information content (AvgIpc) is 3.03. The second-order valence-electron chi connectivity index (χ2n) is 10.0. The van der Waals surface area contributed by atoms with Gasteiger partial charge in [-0.1, -0.05) is 29.8 Å². The number of benzene rings is 3. The largest absolute Gasteiger partial charge is 0.497 e. The van der Waals surface area contributed by atoms with Crippen LogP contribution in [0.25, 0.3) is 0 Å². The van der Waals surface area contributed by atoms with Gasteiger partial charge in [0.15, 0.2) is 0 Å². The number of nitro groups is 1. The number of rotatable bonds is 16. The summed E-state index contributed by atoms with van der Waals surface area (Å²) in [6.07, 6.45) is 0. The van der Waals surface area contributed by atoms with Gasteiger partial charge in [0.2, 0.25) is 20.0 Å². The van der Waals surface area contributed by atoms with Gasteiger partial charge in [0, 0.05) is 31.8 Å². The van der Waals surface area contributed by atoms with Gasteiger partial charge in [0.05, 0.1) is 36.0 Å². The van der Waals surface area contributed by atoms with E-state index in [9.17, 15) is 36.5 Å². The van der Waals surface area contributed by atoms with Gasteiger partial charge < -0.3 is 14.2 Å². The van der Waals surface area contributed by atoms with Crippen molar-refractivity contribution in [3.63, 3.8) is 0 Å². The molecule has 248 valence electrons. The topological polar surface area (TPSA) is 201 Å². The Labute approximate surface area is 266 Å². The van der Waals surface area contributed by atoms with Crippen LogP contribution in [0.4, 0.5) is 5.69 Å². The highest BCUT2D eigenvalue weighted by atomic mass is 32.2. The van der Waals surface area contributed by atoms with E-state index in [1.165, 1.54) is 24.1 Å². The van der Waals surface area contributed by atoms with Crippen LogP contribution in [0.5, 0.6) is 5.75 Å². The zero-order valence-corrected chi connectivity index (χ0v) is 27.0. The first-order chi connectivity index (χ1) is 21.7. The van der Waals surface area contributed by atoms with Gasteiger partial charge in [-0.25, -0.2) is 16.8 Å². The van der Waals surface area contributed by atoms with E-state index < -0.39 is 55.5 Å². The molecular formula is C29H34N4O11S2. The molecule has 3 aromatic carbocycles. The second kappa shape index (κ2) is 15.7. The average molecular weight is 679 g/mol. The fraction of sp³-hybridized carbons (Fsp3) is 0.310. The Balaban J connectivity index is 1.97. The monoisotopic (exact) mass is 678 g/mol. The smallest absolute Gasteiger partial charge is 0.325 e. The van der Waals surface area contributed by atoms with Crippen LogP contribution < -0.4 is 14.2 Å². The van der Waals surface area contributed by atoms with Crippen LogP contribution in [0.1, 0.15) is 11.1 Å². The lowest BCUT2D eigenvalue weighted by Gasteiger charge is -2.29. The molecule has 17 heteroatoms. The van der Waals surface area contributed by atoms with Crippen LogP contribution in [0, 0.1) is 17.0 Å². The number of aryl methyl sites for hydroxylation is 1. The third-order valence-electron chi connectivity index (χ3n) is 6.70. The number of carbonyl (C=O) groups excluding carboxylic acids is 2. The van der Waals surface area contributed by atoms with E-state index >= 15 is 0 Å². The molecule has 46 heavy (non-hydrogen) atoms. The summed E-state index contributed by atoms with van der Waals surface area (Å²) in [6.45, 7) is 1.03. The Kier molecular flexibility index (Phi) is 12.3. The summed E-state index contributed by atoms with van der Waals surface area (Å²) in [5.74, 6) is -1.37. The maximum absolute atomic E-state index is 13.2. The van der Waals surface area contributed by atoms with Crippen molar-refractivity contribution in [2.24, 2.45) is 0 Å². The van der Waals surface area contributed by atoms with Crippen LogP contribution in [-0.4, -0.2) is 85.1 Å². The summed E-state index contributed by atoms with van der Waals surface area (Å²) < 4.78 is 72.4. The van der Waals surface area contributed by atoms with E-state index in [1.807, 2.05) is 0 Å². The molecule has 0 spiro atoms. The molecule has 0 radical (unpaired) electrons. The molecule has 0 aliphatic carbocycles. The molecule has 0 bridgehead atoms. The molecule has 0 aromatic heterocycles. The predicted octanol–water partition coefficient (Wildman–Crippen LogP) is 1.75. The maximum Gasteiger partial charge on any atom is 0.325 e. The van der Waals surface area contributed by atoms with Crippen LogP contribution in [-0.2, 0) is 45.7 Å². The lowest BCUT2D eigenvalue weighted by molar-refractivity contribution is -0.384. The van der Waals surface area contributed by atoms with Gasteiger partial charge in [0.25, 0.3) is 5.69 Å². The maximum atomic E-state index is 13.2. The number of esters is 2. The van der Waals surface area contributed by atoms with E-state index in [-0.39, 0.29) is 28.6 Å². The summed E-state index contributed by atoms with van der Waals surface area (Å²) in [5, 5.41) is 11.0. The Morgan fingerprint density at radius 1 is 0.761 bits per heavy atom. The van der Waals surface area contributed by atoms with E-state index in [2.05, 4.69) is 9.44 Å². The zero-order valence-electron chi connectivity index (χ0n) is 25.4. The lowest BCUT2D eigenvalue weighted by Crippen LogP contribution is -2.53. The van der Waals surface area contributed by atoms with E-state index in [1.54, 1.807) is 43.3 Å². The molecule has 0 saturated carbocycles. The minimum absolute atomic E-state index is 0.0104. The van der Waals surface area contributed by atoms with Gasteiger partial charge in [-0.05, 0) is 48.9 Å². The van der Waals surface area contributed by atoms with Crippen molar-refractivity contribution < 1.29 is 45.6 Å². The van der Waals surface area contributed by atoms with E-state index in [0.717, 1.165) is 44.0 Å². The molecule has 15 nitrogen and oxygen atoms in total. The first kappa shape index (κ1) is 36.1. The van der Waals surface area contributed by atoms with Crippen molar-refractivity contribution in [3.05, 3.63) is 94.0 Å². The molecule has 3 rings (SSSR count). The van der Waals surface area contributed by atoms with Crippen molar-refractivity contribution in [1.82, 2.24) is 14.3 Å². The number of methoxy groups -OCH3 is 3. The number of sulfonamides is 2. The molecule has 0 amide bonds. The van der Waals surface area contributed by atoms with Crippen molar-refractivity contribution >= 4 is 37.7 Å². The molecule has 0 aliphatic heterocycles. The predicted molar refractivity (Wildman–Crippen MR) is 165 cm³/mol. The first-order valence-corrected chi connectivity index (χ1v) is 16.5. The number of hydrogen-bond donors (Lipinski definition) is 2. The molecule has 0 unspecified atom stereocenters. The summed E-state index contributed by atoms with van der Waals surface area (Å²) in [6, 6.07) is 13.6. The molecule has 3 aromatic rings. The number of nitro benzene ring substituents is 1. The Hall–Kier alpha value is -4.42. The molecular weight excluding hydrogens is 644 g/mol. The van der Waals surface area contributed by atoms with Gasteiger partial charge in [0.1, 0.15) is 17.8 Å². The summed E-state index contributed by atoms with van der Waals surface area (Å²) in [5.41, 5.74) is 1.13. The van der Waals surface area contributed by atoms with Crippen molar-refractivity contribution in [2.75, 3.05) is 34.4 Å². The van der Waals surface area contributed by atoms with E-state index in [4.69, 9.17) is 14.2 Å². The molecule has 0 saturated heterocycles. The number of non-ortho nitro benzene ring substituents is 1. The first-order valence-electron chi connectivity index (χ1n) is 13.6. The quantitative estimate of drug-likeness (QED) is 0.127. The van der Waals surface area contributed by atoms with Gasteiger partial charge in [-0.2, -0.15) is 9.44 Å². The van der Waals surface area contributed by atoms with Crippen LogP contribution in [0.2, 0.25) is 0 Å². The SMILES string of the molecule is COC(=O)[C@H](CN(Cc1ccc(OC)cc1)C[C@@H](NS(=O)(=O)c1ccc([N+](=O)[O-])cc1)C(=O)OC)NS(=O)(=O)c1ccc(C)cc1. The Morgan fingerprint density at radius 2 is 1.20 bits per heavy atom. The standard InChI is InChI=1S/C29H34N4O11S2/c1-20-5-13-24(14-6-20)45(38,39)30-26(28(34)43-3)18-32(17-21-7-11-23(42-2)12-8-21)19-27(29(35)44-4)31-46(40,41)25-15-9-22(10-16-25)33(36)37/h5-16,26-27,30-31H,17-19H2,1-4H3/t26-,27+/m0/s1. The van der Waals surface area contributed by atoms with E-state index in [0.29, 0.717) is 11.3 Å². The zero-order chi connectivity index (χ0) is 34.1.